The topological polar surface area (TPSA) is 119 Å². The molecule has 8 heteroatoms. The molecular weight excluding hydrogens is 316 g/mol. The summed E-state index contributed by atoms with van der Waals surface area (Å²) in [6, 6.07) is 3.39. The number of ether oxygens (including phenoxy) is 1. The van der Waals surface area contributed by atoms with Crippen molar-refractivity contribution in [1.29, 1.82) is 0 Å². The zero-order valence-electron chi connectivity index (χ0n) is 13.4. The molecule has 1 aliphatic rings. The highest BCUT2D eigenvalue weighted by molar-refractivity contribution is 5.95. The van der Waals surface area contributed by atoms with Crippen molar-refractivity contribution in [2.45, 2.75) is 38.1 Å². The molecule has 1 aromatic rings. The summed E-state index contributed by atoms with van der Waals surface area (Å²) in [5.74, 6) is -2.00. The van der Waals surface area contributed by atoms with Gasteiger partial charge >= 0.3 is 11.7 Å². The Balaban J connectivity index is 2.18. The first-order valence-electron chi connectivity index (χ1n) is 7.80. The Labute approximate surface area is 139 Å². The molecule has 1 aromatic carbocycles. The lowest BCUT2D eigenvalue weighted by Gasteiger charge is -2.23. The summed E-state index contributed by atoms with van der Waals surface area (Å²) in [5.41, 5.74) is -0.0298. The monoisotopic (exact) mass is 336 g/mol. The lowest BCUT2D eigenvalue weighted by molar-refractivity contribution is -0.385. The number of aliphatic carboxylic acids is 1. The summed E-state index contributed by atoms with van der Waals surface area (Å²) in [7, 11) is 1.29. The van der Waals surface area contributed by atoms with Crippen molar-refractivity contribution in [3.8, 4) is 5.75 Å². The largest absolute Gasteiger partial charge is 0.490 e. The zero-order chi connectivity index (χ0) is 17.7. The maximum absolute atomic E-state index is 12.4. The number of amides is 1. The number of carbonyl (C=O) groups is 2. The lowest BCUT2D eigenvalue weighted by atomic mass is 9.94. The van der Waals surface area contributed by atoms with Gasteiger partial charge in [0, 0.05) is 23.7 Å². The van der Waals surface area contributed by atoms with Gasteiger partial charge in [0.15, 0.2) is 5.75 Å². The van der Waals surface area contributed by atoms with Crippen molar-refractivity contribution in [1.82, 2.24) is 5.32 Å². The molecule has 0 aliphatic heterocycles. The molecule has 0 heterocycles. The molecule has 8 nitrogen and oxygen atoms in total. The highest BCUT2D eigenvalue weighted by atomic mass is 16.6. The molecule has 130 valence electrons. The second kappa shape index (κ2) is 7.76. The third kappa shape index (κ3) is 4.01. The number of nitro benzene ring substituents is 1. The van der Waals surface area contributed by atoms with E-state index in [9.17, 15) is 24.8 Å². The third-order valence-electron chi connectivity index (χ3n) is 4.29. The third-order valence-corrected chi connectivity index (χ3v) is 4.29. The van der Waals surface area contributed by atoms with Crippen LogP contribution in [0.15, 0.2) is 18.2 Å². The van der Waals surface area contributed by atoms with Gasteiger partial charge in [0.1, 0.15) is 0 Å². The number of nitrogens with zero attached hydrogens (tertiary/aromatic N) is 1. The highest BCUT2D eigenvalue weighted by Crippen LogP contribution is 2.28. The van der Waals surface area contributed by atoms with Crippen molar-refractivity contribution in [3.63, 3.8) is 0 Å². The van der Waals surface area contributed by atoms with E-state index in [-0.39, 0.29) is 17.0 Å². The fourth-order valence-corrected chi connectivity index (χ4v) is 3.00. The summed E-state index contributed by atoms with van der Waals surface area (Å²) in [6.45, 7) is 0. The molecule has 1 saturated carbocycles. The summed E-state index contributed by atoms with van der Waals surface area (Å²) in [4.78, 5) is 34.1. The van der Waals surface area contributed by atoms with E-state index in [1.807, 2.05) is 0 Å². The molecule has 1 fully saturated rings. The minimum absolute atomic E-state index is 0.0108. The molecule has 0 spiro atoms. The van der Waals surface area contributed by atoms with Crippen LogP contribution >= 0.6 is 0 Å². The van der Waals surface area contributed by atoms with Gasteiger partial charge < -0.3 is 15.2 Å². The van der Waals surface area contributed by atoms with Crippen LogP contribution in [-0.2, 0) is 4.79 Å². The Kier molecular flexibility index (Phi) is 5.73. The van der Waals surface area contributed by atoms with Gasteiger partial charge in [-0.2, -0.15) is 0 Å². The molecule has 1 amide bonds. The first kappa shape index (κ1) is 17.7. The lowest BCUT2D eigenvalue weighted by Crippen LogP contribution is -2.42. The van der Waals surface area contributed by atoms with Crippen molar-refractivity contribution < 1.29 is 24.4 Å². The average Bonchev–Trinajstić information content (AvgIpc) is 2.79. The maximum Gasteiger partial charge on any atom is 0.310 e. The standard InChI is InChI=1S/C16H20N2O6/c1-24-14-9-10(7-8-13(14)18(22)23)15(19)17-12-6-4-2-3-5-11(12)16(20)21/h7-9,11-12H,2-6H2,1H3,(H,17,19)(H,20,21)/t11-,12+/m0/s1. The van der Waals surface area contributed by atoms with Crippen molar-refractivity contribution in [3.05, 3.63) is 33.9 Å². The van der Waals surface area contributed by atoms with Gasteiger partial charge in [-0.25, -0.2) is 0 Å². The van der Waals surface area contributed by atoms with Crippen LogP contribution in [-0.4, -0.2) is 35.1 Å². The van der Waals surface area contributed by atoms with E-state index in [4.69, 9.17) is 4.74 Å². The predicted octanol–water partition coefficient (Wildman–Crippen LogP) is 2.37. The minimum Gasteiger partial charge on any atom is -0.490 e. The van der Waals surface area contributed by atoms with Crippen LogP contribution in [0.4, 0.5) is 5.69 Å². The van der Waals surface area contributed by atoms with Crippen LogP contribution in [0.25, 0.3) is 0 Å². The molecule has 2 atom stereocenters. The quantitative estimate of drug-likeness (QED) is 0.484. The summed E-state index contributed by atoms with van der Waals surface area (Å²) in [5, 5.41) is 23.0. The van der Waals surface area contributed by atoms with Crippen LogP contribution in [0.3, 0.4) is 0 Å². The molecule has 2 N–H and O–H groups in total. The van der Waals surface area contributed by atoms with Crippen LogP contribution in [0.1, 0.15) is 42.5 Å². The van der Waals surface area contributed by atoms with E-state index >= 15 is 0 Å². The van der Waals surface area contributed by atoms with Gasteiger partial charge in [-0.05, 0) is 18.9 Å². The van der Waals surface area contributed by atoms with Gasteiger partial charge in [-0.3, -0.25) is 19.7 Å². The SMILES string of the molecule is COc1cc(C(=O)N[C@@H]2CCCCC[C@@H]2C(=O)O)ccc1[N+](=O)[O-]. The number of hydrogen-bond acceptors (Lipinski definition) is 5. The van der Waals surface area contributed by atoms with E-state index < -0.39 is 28.8 Å². The van der Waals surface area contributed by atoms with Crippen molar-refractivity contribution in [2.24, 2.45) is 5.92 Å². The predicted molar refractivity (Wildman–Crippen MR) is 85.1 cm³/mol. The molecule has 0 radical (unpaired) electrons. The number of carboxylic acid groups (broad SMARTS) is 1. The molecule has 1 aliphatic carbocycles. The van der Waals surface area contributed by atoms with E-state index in [1.54, 1.807) is 0 Å². The van der Waals surface area contributed by atoms with Gasteiger partial charge in [0.2, 0.25) is 0 Å². The first-order valence-corrected chi connectivity index (χ1v) is 7.80. The van der Waals surface area contributed by atoms with E-state index in [0.29, 0.717) is 12.8 Å². The van der Waals surface area contributed by atoms with Crippen LogP contribution in [0, 0.1) is 16.0 Å². The highest BCUT2D eigenvalue weighted by Gasteiger charge is 2.31. The number of rotatable bonds is 5. The summed E-state index contributed by atoms with van der Waals surface area (Å²) < 4.78 is 4.95. The number of hydrogen-bond donors (Lipinski definition) is 2. The van der Waals surface area contributed by atoms with E-state index in [0.717, 1.165) is 19.3 Å². The molecule has 0 unspecified atom stereocenters. The minimum atomic E-state index is -0.913. The molecular formula is C16H20N2O6. The Morgan fingerprint density at radius 3 is 2.62 bits per heavy atom. The van der Waals surface area contributed by atoms with Crippen LogP contribution in [0.2, 0.25) is 0 Å². The molecule has 2 rings (SSSR count). The fraction of sp³-hybridized carbons (Fsp3) is 0.500. The van der Waals surface area contributed by atoms with Crippen molar-refractivity contribution >= 4 is 17.6 Å². The second-order valence-corrected chi connectivity index (χ2v) is 5.81. The summed E-state index contributed by atoms with van der Waals surface area (Å²) >= 11 is 0. The Morgan fingerprint density at radius 1 is 1.29 bits per heavy atom. The number of nitro groups is 1. The van der Waals surface area contributed by atoms with Gasteiger partial charge in [0.25, 0.3) is 5.91 Å². The van der Waals surface area contributed by atoms with Gasteiger partial charge in [0.05, 0.1) is 18.0 Å². The maximum atomic E-state index is 12.4. The summed E-state index contributed by atoms with van der Waals surface area (Å²) in [6.07, 6.45) is 3.77. The van der Waals surface area contributed by atoms with E-state index in [1.165, 1.54) is 25.3 Å². The smallest absolute Gasteiger partial charge is 0.310 e. The van der Waals surface area contributed by atoms with Crippen molar-refractivity contribution in [2.75, 3.05) is 7.11 Å². The number of benzene rings is 1. The number of methoxy groups -OCH3 is 1. The molecule has 0 saturated heterocycles. The Morgan fingerprint density at radius 2 is 2.00 bits per heavy atom. The molecule has 24 heavy (non-hydrogen) atoms. The van der Waals surface area contributed by atoms with Crippen LogP contribution < -0.4 is 10.1 Å². The normalized spacial score (nSPS) is 20.7. The average molecular weight is 336 g/mol. The van der Waals surface area contributed by atoms with Crippen LogP contribution in [0.5, 0.6) is 5.75 Å². The zero-order valence-corrected chi connectivity index (χ0v) is 13.4. The molecule has 0 aromatic heterocycles. The van der Waals surface area contributed by atoms with Gasteiger partial charge in [-0.1, -0.05) is 19.3 Å². The van der Waals surface area contributed by atoms with E-state index in [2.05, 4.69) is 5.32 Å². The first-order chi connectivity index (χ1) is 11.4. The Bertz CT molecular complexity index is 645. The Hall–Kier alpha value is -2.64. The number of nitrogens with one attached hydrogen (secondary N) is 1. The second-order valence-electron chi connectivity index (χ2n) is 5.81. The number of carbonyl (C=O) groups excluding carboxylic acids is 1. The number of carboxylic acids is 1. The molecule has 0 bridgehead atoms. The van der Waals surface area contributed by atoms with Gasteiger partial charge in [-0.15, -0.1) is 0 Å². The fourth-order valence-electron chi connectivity index (χ4n) is 3.00.